The van der Waals surface area contributed by atoms with Crippen LogP contribution in [0.2, 0.25) is 0 Å². The molecule has 0 bridgehead atoms. The van der Waals surface area contributed by atoms with Gasteiger partial charge in [-0.05, 0) is 49.5 Å². The van der Waals surface area contributed by atoms with E-state index in [0.29, 0.717) is 16.5 Å². The van der Waals surface area contributed by atoms with Crippen molar-refractivity contribution in [2.24, 2.45) is 4.99 Å². The zero-order valence-corrected chi connectivity index (χ0v) is 15.5. The second kappa shape index (κ2) is 7.44. The standard InChI is InChI=1S/C21H21FN4O2/c1-25-8-10-26(11-9-25)16-5-3-15(4-6-16)23-13-19-18-12-14(22)2-7-17(18)20(27)24-21(19)28/h2-7,12-13H,8-11H2,1H3,(H2,24,27,28). The summed E-state index contributed by atoms with van der Waals surface area (Å²) >= 11 is 0. The first-order chi connectivity index (χ1) is 13.5. The second-order valence-electron chi connectivity index (χ2n) is 6.97. The fraction of sp³-hybridized carbons (Fsp3) is 0.238. The summed E-state index contributed by atoms with van der Waals surface area (Å²) in [5.41, 5.74) is 1.65. The largest absolute Gasteiger partial charge is 0.494 e. The summed E-state index contributed by atoms with van der Waals surface area (Å²) in [6.45, 7) is 4.05. The van der Waals surface area contributed by atoms with Crippen molar-refractivity contribution in [1.82, 2.24) is 9.88 Å². The summed E-state index contributed by atoms with van der Waals surface area (Å²) < 4.78 is 13.6. The minimum atomic E-state index is -0.483. The summed E-state index contributed by atoms with van der Waals surface area (Å²) in [6, 6.07) is 11.7. The number of hydrogen-bond acceptors (Lipinski definition) is 5. The van der Waals surface area contributed by atoms with E-state index in [4.69, 9.17) is 0 Å². The van der Waals surface area contributed by atoms with Crippen molar-refractivity contribution in [3.63, 3.8) is 0 Å². The van der Waals surface area contributed by atoms with Crippen molar-refractivity contribution in [2.75, 3.05) is 38.1 Å². The molecule has 0 spiro atoms. The maximum atomic E-state index is 13.6. The number of H-pyrrole nitrogens is 1. The van der Waals surface area contributed by atoms with E-state index < -0.39 is 11.4 Å². The number of fused-ring (bicyclic) bond motifs is 1. The third-order valence-electron chi connectivity index (χ3n) is 5.06. The monoisotopic (exact) mass is 380 g/mol. The Kier molecular flexibility index (Phi) is 4.83. The molecule has 6 nitrogen and oxygen atoms in total. The molecule has 144 valence electrons. The van der Waals surface area contributed by atoms with Gasteiger partial charge in [-0.1, -0.05) is 0 Å². The molecule has 3 aromatic rings. The van der Waals surface area contributed by atoms with E-state index in [1.165, 1.54) is 24.4 Å². The highest BCUT2D eigenvalue weighted by atomic mass is 19.1. The number of benzene rings is 2. The van der Waals surface area contributed by atoms with Gasteiger partial charge in [0.05, 0.1) is 11.3 Å². The van der Waals surface area contributed by atoms with E-state index in [1.54, 1.807) is 0 Å². The van der Waals surface area contributed by atoms with Gasteiger partial charge < -0.3 is 14.9 Å². The topological polar surface area (TPSA) is 71.9 Å². The molecule has 1 aliphatic heterocycles. The molecule has 0 radical (unpaired) electrons. The highest BCUT2D eigenvalue weighted by Crippen LogP contribution is 2.24. The molecular weight excluding hydrogens is 359 g/mol. The molecule has 2 N–H and O–H groups in total. The molecule has 1 aromatic heterocycles. The van der Waals surface area contributed by atoms with Crippen LogP contribution < -0.4 is 10.5 Å². The van der Waals surface area contributed by atoms with Crippen molar-refractivity contribution in [3.05, 3.63) is 64.2 Å². The number of nitrogens with zero attached hydrogens (tertiary/aromatic N) is 3. The van der Waals surface area contributed by atoms with Gasteiger partial charge in [-0.2, -0.15) is 0 Å². The SMILES string of the molecule is CN1CCN(c2ccc(N=Cc3c(O)[nH]c(=O)c4ccc(F)cc34)cc2)CC1. The molecule has 0 amide bonds. The number of nitrogens with one attached hydrogen (secondary N) is 1. The first kappa shape index (κ1) is 18.2. The van der Waals surface area contributed by atoms with E-state index >= 15 is 0 Å². The summed E-state index contributed by atoms with van der Waals surface area (Å²) in [6.07, 6.45) is 1.44. The molecule has 4 rings (SSSR count). The molecule has 1 aliphatic rings. The summed E-state index contributed by atoms with van der Waals surface area (Å²) in [7, 11) is 2.12. The lowest BCUT2D eigenvalue weighted by molar-refractivity contribution is 0.313. The lowest BCUT2D eigenvalue weighted by atomic mass is 10.1. The lowest BCUT2D eigenvalue weighted by Gasteiger charge is -2.34. The average molecular weight is 380 g/mol. The fourth-order valence-corrected chi connectivity index (χ4v) is 3.39. The maximum Gasteiger partial charge on any atom is 0.258 e. The number of rotatable bonds is 3. The highest BCUT2D eigenvalue weighted by molar-refractivity contribution is 6.01. The van der Waals surface area contributed by atoms with Crippen LogP contribution >= 0.6 is 0 Å². The van der Waals surface area contributed by atoms with Crippen LogP contribution in [0, 0.1) is 5.82 Å². The zero-order valence-electron chi connectivity index (χ0n) is 15.5. The summed E-state index contributed by atoms with van der Waals surface area (Å²) in [5, 5.41) is 10.7. The van der Waals surface area contributed by atoms with Crippen LogP contribution in [0.1, 0.15) is 5.56 Å². The first-order valence-corrected chi connectivity index (χ1v) is 9.13. The highest BCUT2D eigenvalue weighted by Gasteiger charge is 2.14. The van der Waals surface area contributed by atoms with Gasteiger partial charge in [0.25, 0.3) is 5.56 Å². The lowest BCUT2D eigenvalue weighted by Crippen LogP contribution is -2.44. The number of aliphatic imine (C=N–C) groups is 1. The fourth-order valence-electron chi connectivity index (χ4n) is 3.39. The number of pyridine rings is 1. The smallest absolute Gasteiger partial charge is 0.258 e. The molecule has 0 aliphatic carbocycles. The van der Waals surface area contributed by atoms with Crippen molar-refractivity contribution in [1.29, 1.82) is 0 Å². The molecule has 2 aromatic carbocycles. The first-order valence-electron chi connectivity index (χ1n) is 9.13. The van der Waals surface area contributed by atoms with Gasteiger partial charge in [0.1, 0.15) is 5.82 Å². The van der Waals surface area contributed by atoms with Gasteiger partial charge in [-0.15, -0.1) is 0 Å². The molecular formula is C21H21FN4O2. The second-order valence-corrected chi connectivity index (χ2v) is 6.97. The Bertz CT molecular complexity index is 1080. The molecule has 0 saturated carbocycles. The molecule has 2 heterocycles. The number of aromatic amines is 1. The van der Waals surface area contributed by atoms with Crippen molar-refractivity contribution >= 4 is 28.4 Å². The number of hydrogen-bond donors (Lipinski definition) is 2. The number of aromatic nitrogens is 1. The van der Waals surface area contributed by atoms with Gasteiger partial charge in [-0.25, -0.2) is 4.39 Å². The van der Waals surface area contributed by atoms with Crippen molar-refractivity contribution < 1.29 is 9.50 Å². The third-order valence-corrected chi connectivity index (χ3v) is 5.06. The van der Waals surface area contributed by atoms with E-state index in [9.17, 15) is 14.3 Å². The van der Waals surface area contributed by atoms with E-state index in [1.807, 2.05) is 24.3 Å². The number of halogens is 1. The Labute approximate surface area is 161 Å². The molecule has 1 saturated heterocycles. The summed E-state index contributed by atoms with van der Waals surface area (Å²) in [5.74, 6) is -0.815. The normalized spacial score (nSPS) is 15.6. The minimum absolute atomic E-state index is 0.275. The average Bonchev–Trinajstić information content (AvgIpc) is 2.68. The van der Waals surface area contributed by atoms with Gasteiger partial charge in [0.2, 0.25) is 5.88 Å². The quantitative estimate of drug-likeness (QED) is 0.686. The number of piperazine rings is 1. The third kappa shape index (κ3) is 3.61. The predicted octanol–water partition coefficient (Wildman–Crippen LogP) is 2.88. The molecule has 0 unspecified atom stereocenters. The predicted molar refractivity (Wildman–Crippen MR) is 110 cm³/mol. The van der Waals surface area contributed by atoms with Crippen molar-refractivity contribution in [2.45, 2.75) is 0 Å². The molecule has 28 heavy (non-hydrogen) atoms. The van der Waals surface area contributed by atoms with E-state index in [-0.39, 0.29) is 11.4 Å². The van der Waals surface area contributed by atoms with Crippen LogP contribution in [0.4, 0.5) is 15.8 Å². The van der Waals surface area contributed by atoms with Crippen LogP contribution in [-0.4, -0.2) is 54.4 Å². The van der Waals surface area contributed by atoms with Gasteiger partial charge in [-0.3, -0.25) is 14.8 Å². The molecule has 0 atom stereocenters. The van der Waals surface area contributed by atoms with Crippen LogP contribution in [0.3, 0.4) is 0 Å². The van der Waals surface area contributed by atoms with Crippen LogP contribution in [0.5, 0.6) is 5.88 Å². The Balaban J connectivity index is 1.61. The van der Waals surface area contributed by atoms with Gasteiger partial charge in [0, 0.05) is 48.9 Å². The number of aromatic hydroxyl groups is 1. The maximum absolute atomic E-state index is 13.6. The van der Waals surface area contributed by atoms with Crippen LogP contribution in [-0.2, 0) is 0 Å². The van der Waals surface area contributed by atoms with Crippen molar-refractivity contribution in [3.8, 4) is 5.88 Å². The van der Waals surface area contributed by atoms with Crippen LogP contribution in [0.25, 0.3) is 10.8 Å². The van der Waals surface area contributed by atoms with Crippen LogP contribution in [0.15, 0.2) is 52.3 Å². The van der Waals surface area contributed by atoms with Gasteiger partial charge in [0.15, 0.2) is 0 Å². The molecule has 1 fully saturated rings. The Morgan fingerprint density at radius 1 is 1.07 bits per heavy atom. The Morgan fingerprint density at radius 3 is 2.50 bits per heavy atom. The number of likely N-dealkylation sites (N-methyl/N-ethyl adjacent to an activating group) is 1. The Morgan fingerprint density at radius 2 is 1.79 bits per heavy atom. The summed E-state index contributed by atoms with van der Waals surface area (Å²) in [4.78, 5) is 23.3. The Hall–Kier alpha value is -3.19. The van der Waals surface area contributed by atoms with E-state index in [0.717, 1.165) is 31.9 Å². The zero-order chi connectivity index (χ0) is 19.7. The molecule has 7 heteroatoms. The van der Waals surface area contributed by atoms with E-state index in [2.05, 4.69) is 26.8 Å². The van der Waals surface area contributed by atoms with Gasteiger partial charge >= 0.3 is 0 Å². The number of anilines is 1. The minimum Gasteiger partial charge on any atom is -0.494 e.